The quantitative estimate of drug-likeness (QED) is 0.572. The highest BCUT2D eigenvalue weighted by Crippen LogP contribution is 2.14. The fourth-order valence-electron chi connectivity index (χ4n) is 3.03. The average molecular weight is 283 g/mol. The fourth-order valence-corrected chi connectivity index (χ4v) is 3.03. The van der Waals surface area contributed by atoms with Crippen molar-refractivity contribution in [1.82, 2.24) is 10.2 Å². The molecule has 0 unspecified atom stereocenters. The van der Waals surface area contributed by atoms with Crippen LogP contribution in [0.3, 0.4) is 0 Å². The number of unbranched alkanes of at least 4 members (excludes halogenated alkanes) is 6. The molecule has 0 aliphatic carbocycles. The Hall–Kier alpha value is -0.610. The molecule has 0 atom stereocenters. The zero-order valence-electron chi connectivity index (χ0n) is 13.2. The molecule has 4 heteroatoms. The molecule has 0 aromatic rings. The molecule has 3 N–H and O–H groups in total. The maximum atomic E-state index is 11.2. The molecule has 1 saturated heterocycles. The van der Waals surface area contributed by atoms with E-state index in [-0.39, 0.29) is 5.91 Å². The van der Waals surface area contributed by atoms with E-state index < -0.39 is 0 Å². The molecule has 0 spiro atoms. The standard InChI is InChI=1S/C16H33N3O/c1-2-3-4-5-6-7-8-13-19(14-16(17)20)15-9-11-18-12-10-15/h15,18H,2-14H2,1H3,(H2,17,20). The van der Waals surface area contributed by atoms with Crippen LogP contribution in [0.5, 0.6) is 0 Å². The maximum absolute atomic E-state index is 11.2. The van der Waals surface area contributed by atoms with Crippen LogP contribution in [0.25, 0.3) is 0 Å². The van der Waals surface area contributed by atoms with Gasteiger partial charge in [0, 0.05) is 6.04 Å². The topological polar surface area (TPSA) is 58.4 Å². The van der Waals surface area contributed by atoms with Gasteiger partial charge in [-0.15, -0.1) is 0 Å². The number of hydrogen-bond acceptors (Lipinski definition) is 3. The number of piperidine rings is 1. The van der Waals surface area contributed by atoms with Crippen molar-refractivity contribution in [2.24, 2.45) is 5.73 Å². The second-order valence-corrected chi connectivity index (χ2v) is 6.04. The molecule has 1 fully saturated rings. The lowest BCUT2D eigenvalue weighted by atomic mass is 10.0. The Labute approximate surface area is 124 Å². The minimum Gasteiger partial charge on any atom is -0.369 e. The van der Waals surface area contributed by atoms with Crippen molar-refractivity contribution in [1.29, 1.82) is 0 Å². The summed E-state index contributed by atoms with van der Waals surface area (Å²) in [6, 6.07) is 0.545. The summed E-state index contributed by atoms with van der Waals surface area (Å²) >= 11 is 0. The summed E-state index contributed by atoms with van der Waals surface area (Å²) in [5.41, 5.74) is 5.39. The zero-order chi connectivity index (χ0) is 14.6. The summed E-state index contributed by atoms with van der Waals surface area (Å²) in [5.74, 6) is -0.188. The van der Waals surface area contributed by atoms with E-state index in [1.165, 1.54) is 44.9 Å². The van der Waals surface area contributed by atoms with Gasteiger partial charge in [-0.1, -0.05) is 45.4 Å². The van der Waals surface area contributed by atoms with Crippen LogP contribution in [0, 0.1) is 0 Å². The Morgan fingerprint density at radius 3 is 2.30 bits per heavy atom. The van der Waals surface area contributed by atoms with E-state index in [1.807, 2.05) is 0 Å². The highest BCUT2D eigenvalue weighted by atomic mass is 16.1. The van der Waals surface area contributed by atoms with Crippen LogP contribution in [-0.4, -0.2) is 43.0 Å². The molecule has 0 bridgehead atoms. The SMILES string of the molecule is CCCCCCCCCN(CC(N)=O)C1CCNCC1. The summed E-state index contributed by atoms with van der Waals surface area (Å²) in [6.45, 7) is 5.84. The van der Waals surface area contributed by atoms with Gasteiger partial charge in [0.15, 0.2) is 0 Å². The first-order valence-electron chi connectivity index (χ1n) is 8.47. The molecule has 1 heterocycles. The van der Waals surface area contributed by atoms with E-state index in [0.29, 0.717) is 12.6 Å². The highest BCUT2D eigenvalue weighted by molar-refractivity contribution is 5.75. The molecule has 1 amide bonds. The van der Waals surface area contributed by atoms with E-state index in [9.17, 15) is 4.79 Å². The predicted molar refractivity (Wildman–Crippen MR) is 84.7 cm³/mol. The lowest BCUT2D eigenvalue weighted by molar-refractivity contribution is -0.119. The number of rotatable bonds is 11. The van der Waals surface area contributed by atoms with Crippen molar-refractivity contribution in [3.8, 4) is 0 Å². The Morgan fingerprint density at radius 2 is 1.70 bits per heavy atom. The third-order valence-electron chi connectivity index (χ3n) is 4.23. The summed E-state index contributed by atoms with van der Waals surface area (Å²) in [6.07, 6.45) is 11.5. The first kappa shape index (κ1) is 17.4. The molecule has 0 aromatic heterocycles. The van der Waals surface area contributed by atoms with Gasteiger partial charge in [0.1, 0.15) is 0 Å². The van der Waals surface area contributed by atoms with Crippen molar-refractivity contribution < 1.29 is 4.79 Å². The molecular formula is C16H33N3O. The van der Waals surface area contributed by atoms with Crippen LogP contribution in [0.1, 0.15) is 64.7 Å². The van der Waals surface area contributed by atoms with Crippen molar-refractivity contribution in [3.63, 3.8) is 0 Å². The lowest BCUT2D eigenvalue weighted by Crippen LogP contribution is -2.46. The van der Waals surface area contributed by atoms with E-state index in [0.717, 1.165) is 32.5 Å². The summed E-state index contributed by atoms with van der Waals surface area (Å²) < 4.78 is 0. The number of hydrogen-bond donors (Lipinski definition) is 2. The highest BCUT2D eigenvalue weighted by Gasteiger charge is 2.21. The Morgan fingerprint density at radius 1 is 1.10 bits per heavy atom. The van der Waals surface area contributed by atoms with Crippen LogP contribution in [0.4, 0.5) is 0 Å². The molecule has 118 valence electrons. The van der Waals surface area contributed by atoms with Crippen molar-refractivity contribution in [2.45, 2.75) is 70.8 Å². The van der Waals surface area contributed by atoms with Gasteiger partial charge in [0.25, 0.3) is 0 Å². The molecule has 4 nitrogen and oxygen atoms in total. The number of primary amides is 1. The lowest BCUT2D eigenvalue weighted by Gasteiger charge is -2.33. The normalized spacial score (nSPS) is 16.7. The summed E-state index contributed by atoms with van der Waals surface area (Å²) in [4.78, 5) is 13.5. The van der Waals surface area contributed by atoms with Crippen LogP contribution < -0.4 is 11.1 Å². The molecule has 0 aromatic carbocycles. The number of nitrogens with zero attached hydrogens (tertiary/aromatic N) is 1. The first-order valence-corrected chi connectivity index (χ1v) is 8.47. The molecule has 1 aliphatic rings. The Kier molecular flexibility index (Phi) is 9.67. The minimum atomic E-state index is -0.188. The second-order valence-electron chi connectivity index (χ2n) is 6.04. The largest absolute Gasteiger partial charge is 0.369 e. The smallest absolute Gasteiger partial charge is 0.231 e. The van der Waals surface area contributed by atoms with Gasteiger partial charge in [-0.2, -0.15) is 0 Å². The number of nitrogens with one attached hydrogen (secondary N) is 1. The summed E-state index contributed by atoms with van der Waals surface area (Å²) in [7, 11) is 0. The van der Waals surface area contributed by atoms with E-state index >= 15 is 0 Å². The average Bonchev–Trinajstić information content (AvgIpc) is 2.45. The van der Waals surface area contributed by atoms with E-state index in [4.69, 9.17) is 5.73 Å². The Balaban J connectivity index is 2.17. The van der Waals surface area contributed by atoms with Gasteiger partial charge < -0.3 is 11.1 Å². The van der Waals surface area contributed by atoms with Gasteiger partial charge in [0.05, 0.1) is 6.54 Å². The third kappa shape index (κ3) is 7.85. The molecule has 1 aliphatic heterocycles. The van der Waals surface area contributed by atoms with Gasteiger partial charge >= 0.3 is 0 Å². The minimum absolute atomic E-state index is 0.188. The predicted octanol–water partition coefficient (Wildman–Crippen LogP) is 2.28. The van der Waals surface area contributed by atoms with E-state index in [1.54, 1.807) is 0 Å². The zero-order valence-corrected chi connectivity index (χ0v) is 13.2. The number of carbonyl (C=O) groups is 1. The van der Waals surface area contributed by atoms with Gasteiger partial charge in [0.2, 0.25) is 5.91 Å². The molecular weight excluding hydrogens is 250 g/mol. The number of nitrogens with two attached hydrogens (primary N) is 1. The maximum Gasteiger partial charge on any atom is 0.231 e. The van der Waals surface area contributed by atoms with Crippen LogP contribution in [0.2, 0.25) is 0 Å². The second kappa shape index (κ2) is 11.1. The van der Waals surface area contributed by atoms with Crippen LogP contribution >= 0.6 is 0 Å². The molecule has 1 rings (SSSR count). The van der Waals surface area contributed by atoms with Gasteiger partial charge in [-0.05, 0) is 38.9 Å². The first-order chi connectivity index (χ1) is 9.74. The van der Waals surface area contributed by atoms with Crippen molar-refractivity contribution in [3.05, 3.63) is 0 Å². The van der Waals surface area contributed by atoms with Gasteiger partial charge in [-0.3, -0.25) is 9.69 Å². The monoisotopic (exact) mass is 283 g/mol. The summed E-state index contributed by atoms with van der Waals surface area (Å²) in [5, 5.41) is 3.38. The number of carbonyl (C=O) groups excluding carboxylic acids is 1. The molecule has 0 saturated carbocycles. The van der Waals surface area contributed by atoms with Crippen LogP contribution in [0.15, 0.2) is 0 Å². The molecule has 0 radical (unpaired) electrons. The fraction of sp³-hybridized carbons (Fsp3) is 0.938. The molecule has 20 heavy (non-hydrogen) atoms. The third-order valence-corrected chi connectivity index (χ3v) is 4.23. The van der Waals surface area contributed by atoms with Gasteiger partial charge in [-0.25, -0.2) is 0 Å². The Bertz CT molecular complexity index is 252. The van der Waals surface area contributed by atoms with E-state index in [2.05, 4.69) is 17.1 Å². The van der Waals surface area contributed by atoms with Crippen molar-refractivity contribution >= 4 is 5.91 Å². The van der Waals surface area contributed by atoms with Crippen LogP contribution in [-0.2, 0) is 4.79 Å². The van der Waals surface area contributed by atoms with Crippen molar-refractivity contribution in [2.75, 3.05) is 26.2 Å². The number of amides is 1.